The first-order chi connectivity index (χ1) is 16.9. The van der Waals surface area contributed by atoms with Crippen molar-refractivity contribution in [3.63, 3.8) is 0 Å². The molecule has 1 aliphatic rings. The fourth-order valence-electron chi connectivity index (χ4n) is 4.32. The molecule has 3 amide bonds. The van der Waals surface area contributed by atoms with Crippen molar-refractivity contribution in [1.29, 1.82) is 0 Å². The van der Waals surface area contributed by atoms with Crippen LogP contribution < -0.4 is 10.6 Å². The summed E-state index contributed by atoms with van der Waals surface area (Å²) in [6.07, 6.45) is 2.73. The normalized spacial score (nSPS) is 14.9. The van der Waals surface area contributed by atoms with Crippen LogP contribution in [0.2, 0.25) is 5.02 Å². The molecule has 7 nitrogen and oxygen atoms in total. The Kier molecular flexibility index (Phi) is 7.87. The van der Waals surface area contributed by atoms with Crippen LogP contribution in [0.5, 0.6) is 0 Å². The van der Waals surface area contributed by atoms with Gasteiger partial charge in [-0.1, -0.05) is 29.3 Å². The zero-order chi connectivity index (χ0) is 24.8. The second-order valence-corrected chi connectivity index (χ2v) is 9.19. The lowest BCUT2D eigenvalue weighted by atomic mass is 9.88. The molecular weight excluding hydrogens is 466 g/mol. The molecule has 1 saturated heterocycles. The van der Waals surface area contributed by atoms with Crippen molar-refractivity contribution in [2.45, 2.75) is 32.4 Å². The summed E-state index contributed by atoms with van der Waals surface area (Å²) < 4.78 is 5.31. The number of aryl methyl sites for hydroxylation is 1. The van der Waals surface area contributed by atoms with Crippen molar-refractivity contribution in [3.8, 4) is 0 Å². The van der Waals surface area contributed by atoms with Crippen LogP contribution in [-0.4, -0.2) is 41.8 Å². The minimum atomic E-state index is -0.731. The first kappa shape index (κ1) is 24.5. The highest BCUT2D eigenvalue weighted by molar-refractivity contribution is 6.30. The fourth-order valence-corrected chi connectivity index (χ4v) is 4.44. The molecule has 2 heterocycles. The van der Waals surface area contributed by atoms with Gasteiger partial charge in [0.2, 0.25) is 5.91 Å². The number of carbonyl (C=O) groups excluding carboxylic acids is 3. The second-order valence-electron chi connectivity index (χ2n) is 8.75. The Morgan fingerprint density at radius 2 is 1.77 bits per heavy atom. The summed E-state index contributed by atoms with van der Waals surface area (Å²) >= 11 is 5.94. The Morgan fingerprint density at radius 1 is 1.03 bits per heavy atom. The number of hydrogen-bond acceptors (Lipinski definition) is 4. The van der Waals surface area contributed by atoms with E-state index in [0.29, 0.717) is 47.8 Å². The van der Waals surface area contributed by atoms with E-state index in [1.54, 1.807) is 59.7 Å². The number of amides is 3. The van der Waals surface area contributed by atoms with Crippen LogP contribution in [0.1, 0.15) is 44.9 Å². The highest BCUT2D eigenvalue weighted by Crippen LogP contribution is 2.23. The molecule has 1 aliphatic heterocycles. The molecule has 0 aliphatic carbocycles. The number of carbonyl (C=O) groups is 3. The van der Waals surface area contributed by atoms with Gasteiger partial charge in [0, 0.05) is 29.2 Å². The van der Waals surface area contributed by atoms with Crippen molar-refractivity contribution < 1.29 is 18.8 Å². The first-order valence-electron chi connectivity index (χ1n) is 11.6. The predicted molar refractivity (Wildman–Crippen MR) is 133 cm³/mol. The van der Waals surface area contributed by atoms with E-state index in [4.69, 9.17) is 16.0 Å². The molecule has 1 atom stereocenters. The van der Waals surface area contributed by atoms with E-state index in [9.17, 15) is 14.4 Å². The molecule has 0 bridgehead atoms. The molecule has 2 aromatic carbocycles. The van der Waals surface area contributed by atoms with Crippen LogP contribution in [-0.2, 0) is 11.3 Å². The Morgan fingerprint density at radius 3 is 2.43 bits per heavy atom. The van der Waals surface area contributed by atoms with Gasteiger partial charge >= 0.3 is 0 Å². The molecule has 1 aromatic heterocycles. The van der Waals surface area contributed by atoms with Gasteiger partial charge in [-0.15, -0.1) is 0 Å². The van der Waals surface area contributed by atoms with Crippen LogP contribution in [0.25, 0.3) is 0 Å². The maximum Gasteiger partial charge on any atom is 0.253 e. The minimum absolute atomic E-state index is 0.0669. The van der Waals surface area contributed by atoms with E-state index in [0.717, 1.165) is 5.56 Å². The van der Waals surface area contributed by atoms with Crippen molar-refractivity contribution in [2.24, 2.45) is 5.92 Å². The number of nitrogens with one attached hydrogen (secondary N) is 2. The number of likely N-dealkylation sites (tertiary alicyclic amines) is 1. The van der Waals surface area contributed by atoms with Crippen LogP contribution in [0.15, 0.2) is 71.3 Å². The van der Waals surface area contributed by atoms with Crippen molar-refractivity contribution in [3.05, 3.63) is 94.4 Å². The van der Waals surface area contributed by atoms with Gasteiger partial charge in [-0.25, -0.2) is 0 Å². The molecule has 1 fully saturated rings. The number of halogens is 1. The molecule has 0 spiro atoms. The molecule has 35 heavy (non-hydrogen) atoms. The molecule has 4 rings (SSSR count). The van der Waals surface area contributed by atoms with Crippen molar-refractivity contribution >= 4 is 29.3 Å². The number of benzene rings is 2. The molecule has 182 valence electrons. The van der Waals surface area contributed by atoms with E-state index in [1.807, 2.05) is 19.1 Å². The highest BCUT2D eigenvalue weighted by Gasteiger charge is 2.34. The first-order valence-corrected chi connectivity index (χ1v) is 12.0. The highest BCUT2D eigenvalue weighted by atomic mass is 35.5. The topological polar surface area (TPSA) is 91.7 Å². The Balaban J connectivity index is 1.44. The number of rotatable bonds is 7. The van der Waals surface area contributed by atoms with Crippen molar-refractivity contribution in [2.75, 3.05) is 13.1 Å². The summed E-state index contributed by atoms with van der Waals surface area (Å²) in [5.74, 6) is -0.126. The van der Waals surface area contributed by atoms with E-state index in [1.165, 1.54) is 0 Å². The monoisotopic (exact) mass is 493 g/mol. The molecule has 8 heteroatoms. The largest absolute Gasteiger partial charge is 0.467 e. The van der Waals surface area contributed by atoms with Gasteiger partial charge in [0.05, 0.1) is 12.8 Å². The summed E-state index contributed by atoms with van der Waals surface area (Å²) in [4.78, 5) is 40.8. The average Bonchev–Trinajstić information content (AvgIpc) is 3.40. The Bertz CT molecular complexity index is 1170. The third-order valence-electron chi connectivity index (χ3n) is 6.26. The number of nitrogens with zero attached hydrogens (tertiary/aromatic N) is 1. The zero-order valence-electron chi connectivity index (χ0n) is 19.5. The third kappa shape index (κ3) is 6.31. The molecule has 0 radical (unpaired) electrons. The summed E-state index contributed by atoms with van der Waals surface area (Å²) in [6, 6.07) is 16.9. The van der Waals surface area contributed by atoms with Crippen LogP contribution in [0.4, 0.5) is 0 Å². The van der Waals surface area contributed by atoms with E-state index in [-0.39, 0.29) is 30.2 Å². The van der Waals surface area contributed by atoms with E-state index in [2.05, 4.69) is 10.6 Å². The molecule has 0 saturated carbocycles. The van der Waals surface area contributed by atoms with Gasteiger partial charge < -0.3 is 20.0 Å². The zero-order valence-corrected chi connectivity index (χ0v) is 20.3. The van der Waals surface area contributed by atoms with Gasteiger partial charge in [-0.05, 0) is 74.2 Å². The lowest BCUT2D eigenvalue weighted by molar-refractivity contribution is -0.124. The Labute approximate surface area is 209 Å². The van der Waals surface area contributed by atoms with E-state index >= 15 is 0 Å². The van der Waals surface area contributed by atoms with Gasteiger partial charge in [-0.3, -0.25) is 14.4 Å². The maximum absolute atomic E-state index is 13.2. The minimum Gasteiger partial charge on any atom is -0.467 e. The van der Waals surface area contributed by atoms with Crippen LogP contribution >= 0.6 is 11.6 Å². The van der Waals surface area contributed by atoms with Crippen LogP contribution in [0.3, 0.4) is 0 Å². The number of hydrogen-bond donors (Lipinski definition) is 2. The summed E-state index contributed by atoms with van der Waals surface area (Å²) in [7, 11) is 0. The predicted octanol–water partition coefficient (Wildman–Crippen LogP) is 4.21. The van der Waals surface area contributed by atoms with Gasteiger partial charge in [0.15, 0.2) is 0 Å². The van der Waals surface area contributed by atoms with E-state index < -0.39 is 6.04 Å². The number of piperidine rings is 1. The SMILES string of the molecule is Cc1cccc(C(=O)N[C@@H](C(=O)NCc2ccco2)C2CCN(C(=O)c3ccc(Cl)cc3)CC2)c1. The lowest BCUT2D eigenvalue weighted by Crippen LogP contribution is -2.53. The fraction of sp³-hybridized carbons (Fsp3) is 0.296. The third-order valence-corrected chi connectivity index (χ3v) is 6.51. The van der Waals surface area contributed by atoms with Gasteiger partial charge in [0.1, 0.15) is 11.8 Å². The smallest absolute Gasteiger partial charge is 0.253 e. The van der Waals surface area contributed by atoms with Gasteiger partial charge in [0.25, 0.3) is 11.8 Å². The molecule has 3 aromatic rings. The summed E-state index contributed by atoms with van der Waals surface area (Å²) in [5.41, 5.74) is 2.04. The Hall–Kier alpha value is -3.58. The maximum atomic E-state index is 13.2. The van der Waals surface area contributed by atoms with Crippen LogP contribution in [0, 0.1) is 12.8 Å². The molecule has 0 unspecified atom stereocenters. The second kappa shape index (κ2) is 11.2. The quantitative estimate of drug-likeness (QED) is 0.515. The summed E-state index contributed by atoms with van der Waals surface area (Å²) in [6.45, 7) is 3.14. The lowest BCUT2D eigenvalue weighted by Gasteiger charge is -2.36. The average molecular weight is 494 g/mol. The standard InChI is InChI=1S/C27H28ClN3O4/c1-18-4-2-5-21(16-18)25(32)30-24(26(33)29-17-23-6-3-15-35-23)19-11-13-31(14-12-19)27(34)20-7-9-22(28)10-8-20/h2-10,15-16,19,24H,11-14,17H2,1H3,(H,29,33)(H,30,32)/t24-/m1/s1. The molecule has 2 N–H and O–H groups in total. The van der Waals surface area contributed by atoms with Gasteiger partial charge in [-0.2, -0.15) is 0 Å². The summed E-state index contributed by atoms with van der Waals surface area (Å²) in [5, 5.41) is 6.39. The number of furan rings is 1. The molecular formula is C27H28ClN3O4. The van der Waals surface area contributed by atoms with Crippen molar-refractivity contribution in [1.82, 2.24) is 15.5 Å².